The number of rotatable bonds is 7. The van der Waals surface area contributed by atoms with Crippen LogP contribution >= 0.6 is 11.8 Å². The van der Waals surface area contributed by atoms with Gasteiger partial charge in [-0.15, -0.1) is 0 Å². The summed E-state index contributed by atoms with van der Waals surface area (Å²) < 4.78 is 5.82. The average molecular weight is 573 g/mol. The molecule has 10 nitrogen and oxygen atoms in total. The first-order valence-corrected chi connectivity index (χ1v) is 14.2. The Morgan fingerprint density at radius 3 is 2.44 bits per heavy atom. The maximum atomic E-state index is 13.5. The Bertz CT molecular complexity index is 1570. The zero-order valence-corrected chi connectivity index (χ0v) is 24.1. The van der Waals surface area contributed by atoms with Crippen LogP contribution in [-0.2, 0) is 4.74 Å². The van der Waals surface area contributed by atoms with Gasteiger partial charge in [-0.3, -0.25) is 10.1 Å². The van der Waals surface area contributed by atoms with Crippen LogP contribution in [0.25, 0.3) is 11.0 Å². The highest BCUT2D eigenvalue weighted by Gasteiger charge is 2.27. The molecule has 3 N–H and O–H groups in total. The van der Waals surface area contributed by atoms with Gasteiger partial charge in [-0.05, 0) is 74.4 Å². The molecule has 1 aliphatic heterocycles. The zero-order valence-electron chi connectivity index (χ0n) is 23.3. The number of nitrogens with zero attached hydrogens (tertiary/aromatic N) is 4. The lowest BCUT2D eigenvalue weighted by Gasteiger charge is -2.35. The molecule has 2 aromatic heterocycles. The largest absolute Gasteiger partial charge is 0.465 e. The van der Waals surface area contributed by atoms with Crippen molar-refractivity contribution in [3.8, 4) is 0 Å². The van der Waals surface area contributed by atoms with Crippen LogP contribution < -0.4 is 10.6 Å². The van der Waals surface area contributed by atoms with E-state index in [1.807, 2.05) is 61.2 Å². The molecule has 1 saturated heterocycles. The van der Waals surface area contributed by atoms with Gasteiger partial charge in [0.15, 0.2) is 5.65 Å². The SMILES string of the molecule is CC1CN(C(=O)c2ccc(Sc3ccc(NC(=O)O)cc3)c(Nc3ncnc4nc(C(C)C)ccc34)c2)CC(C)O1. The number of pyridine rings is 1. The van der Waals surface area contributed by atoms with Crippen LogP contribution in [0.4, 0.5) is 22.0 Å². The molecule has 1 aliphatic rings. The Kier molecular flexibility index (Phi) is 8.36. The fraction of sp³-hybridized carbons (Fsp3) is 0.300. The standard InChI is InChI=1S/C30H32N6O4S/c1-17(2)24-11-10-23-27(34-24)31-16-32-28(23)35-25-13-20(29(37)36-14-18(3)40-19(4)15-36)5-12-26(25)41-22-8-6-21(7-9-22)33-30(38)39/h5-13,16-19,33H,14-15H2,1-4H3,(H,38,39)(H,31,32,34,35). The van der Waals surface area contributed by atoms with Crippen molar-refractivity contribution in [2.45, 2.75) is 55.6 Å². The summed E-state index contributed by atoms with van der Waals surface area (Å²) in [5.41, 5.74) is 3.28. The van der Waals surface area contributed by atoms with E-state index in [9.17, 15) is 9.59 Å². The molecule has 0 spiro atoms. The van der Waals surface area contributed by atoms with Gasteiger partial charge in [-0.25, -0.2) is 19.7 Å². The molecule has 2 unspecified atom stereocenters. The molecule has 0 aliphatic carbocycles. The van der Waals surface area contributed by atoms with Gasteiger partial charge in [-0.2, -0.15) is 0 Å². The summed E-state index contributed by atoms with van der Waals surface area (Å²) in [5, 5.41) is 15.5. The first-order valence-electron chi connectivity index (χ1n) is 13.4. The van der Waals surface area contributed by atoms with Crippen LogP contribution in [0, 0.1) is 0 Å². The Morgan fingerprint density at radius 2 is 1.76 bits per heavy atom. The van der Waals surface area contributed by atoms with E-state index in [4.69, 9.17) is 14.8 Å². The second kappa shape index (κ2) is 12.1. The van der Waals surface area contributed by atoms with Crippen molar-refractivity contribution in [1.29, 1.82) is 0 Å². The molecule has 11 heteroatoms. The van der Waals surface area contributed by atoms with Crippen LogP contribution in [-0.4, -0.2) is 62.3 Å². The predicted molar refractivity (Wildman–Crippen MR) is 159 cm³/mol. The highest BCUT2D eigenvalue weighted by atomic mass is 32.2. The summed E-state index contributed by atoms with van der Waals surface area (Å²) in [6.07, 6.45) is 0.288. The second-order valence-corrected chi connectivity index (χ2v) is 11.5. The highest BCUT2D eigenvalue weighted by molar-refractivity contribution is 7.99. The number of carbonyl (C=O) groups is 2. The molecule has 2 amide bonds. The number of hydrogen-bond donors (Lipinski definition) is 3. The summed E-state index contributed by atoms with van der Waals surface area (Å²) in [7, 11) is 0. The lowest BCUT2D eigenvalue weighted by molar-refractivity contribution is -0.0586. The second-order valence-electron chi connectivity index (χ2n) is 10.3. The van der Waals surface area contributed by atoms with E-state index in [1.54, 1.807) is 12.1 Å². The minimum absolute atomic E-state index is 0.0377. The van der Waals surface area contributed by atoms with Crippen molar-refractivity contribution in [3.63, 3.8) is 0 Å². The molecule has 2 aromatic carbocycles. The van der Waals surface area contributed by atoms with Crippen LogP contribution in [0.2, 0.25) is 0 Å². The number of fused-ring (bicyclic) bond motifs is 1. The summed E-state index contributed by atoms with van der Waals surface area (Å²) in [6.45, 7) is 9.17. The number of morpholine rings is 1. The zero-order chi connectivity index (χ0) is 29.1. The molecular formula is C30H32N6O4S. The summed E-state index contributed by atoms with van der Waals surface area (Å²) >= 11 is 1.49. The molecule has 0 bridgehead atoms. The summed E-state index contributed by atoms with van der Waals surface area (Å²) in [6, 6.07) is 16.6. The van der Waals surface area contributed by atoms with Crippen molar-refractivity contribution in [1.82, 2.24) is 19.9 Å². The van der Waals surface area contributed by atoms with Gasteiger partial charge in [0.1, 0.15) is 12.1 Å². The molecule has 5 rings (SSSR count). The number of ether oxygens (including phenoxy) is 1. The van der Waals surface area contributed by atoms with Gasteiger partial charge in [0, 0.05) is 39.8 Å². The number of amides is 2. The van der Waals surface area contributed by atoms with Crippen molar-refractivity contribution in [3.05, 3.63) is 72.2 Å². The van der Waals surface area contributed by atoms with Crippen LogP contribution in [0.5, 0.6) is 0 Å². The number of hydrogen-bond acceptors (Lipinski definition) is 8. The number of aromatic nitrogens is 3. The fourth-order valence-corrected chi connectivity index (χ4v) is 5.62. The minimum Gasteiger partial charge on any atom is -0.465 e. The minimum atomic E-state index is -1.12. The van der Waals surface area contributed by atoms with Crippen molar-refractivity contribution < 1.29 is 19.4 Å². The molecule has 2 atom stereocenters. The molecule has 212 valence electrons. The lowest BCUT2D eigenvalue weighted by atomic mass is 10.1. The third kappa shape index (κ3) is 6.75. The molecule has 3 heterocycles. The normalized spacial score (nSPS) is 17.0. The Labute approximate surface area is 242 Å². The molecule has 1 fully saturated rings. The van der Waals surface area contributed by atoms with E-state index >= 15 is 0 Å². The van der Waals surface area contributed by atoms with Gasteiger partial charge in [-0.1, -0.05) is 25.6 Å². The third-order valence-electron chi connectivity index (χ3n) is 6.63. The van der Waals surface area contributed by atoms with Gasteiger partial charge < -0.3 is 20.1 Å². The van der Waals surface area contributed by atoms with E-state index in [0.717, 1.165) is 20.9 Å². The quantitative estimate of drug-likeness (QED) is 0.231. The number of carboxylic acid groups (broad SMARTS) is 1. The maximum absolute atomic E-state index is 13.5. The Hall–Kier alpha value is -4.22. The maximum Gasteiger partial charge on any atom is 0.409 e. The highest BCUT2D eigenvalue weighted by Crippen LogP contribution is 2.37. The first-order chi connectivity index (χ1) is 19.7. The van der Waals surface area contributed by atoms with E-state index < -0.39 is 6.09 Å². The van der Waals surface area contributed by atoms with Gasteiger partial charge in [0.25, 0.3) is 5.91 Å². The van der Waals surface area contributed by atoms with E-state index in [2.05, 4.69) is 34.4 Å². The van der Waals surface area contributed by atoms with Crippen LogP contribution in [0.15, 0.2) is 70.7 Å². The Balaban J connectivity index is 1.50. The molecule has 0 radical (unpaired) electrons. The molecule has 4 aromatic rings. The average Bonchev–Trinajstić information content (AvgIpc) is 2.93. The van der Waals surface area contributed by atoms with Crippen molar-refractivity contribution >= 4 is 52.0 Å². The van der Waals surface area contributed by atoms with Gasteiger partial charge >= 0.3 is 6.09 Å². The smallest absolute Gasteiger partial charge is 0.409 e. The fourth-order valence-electron chi connectivity index (χ4n) is 4.74. The van der Waals surface area contributed by atoms with Crippen molar-refractivity contribution in [2.75, 3.05) is 23.7 Å². The van der Waals surface area contributed by atoms with E-state index in [0.29, 0.717) is 41.5 Å². The van der Waals surface area contributed by atoms with E-state index in [-0.39, 0.29) is 24.0 Å². The van der Waals surface area contributed by atoms with Gasteiger partial charge in [0.05, 0.1) is 23.3 Å². The number of nitrogens with one attached hydrogen (secondary N) is 2. The molecule has 41 heavy (non-hydrogen) atoms. The Morgan fingerprint density at radius 1 is 1.02 bits per heavy atom. The van der Waals surface area contributed by atoms with Gasteiger partial charge in [0.2, 0.25) is 0 Å². The topological polar surface area (TPSA) is 130 Å². The van der Waals surface area contributed by atoms with E-state index in [1.165, 1.54) is 18.1 Å². The molecule has 0 saturated carbocycles. The lowest BCUT2D eigenvalue weighted by Crippen LogP contribution is -2.48. The molecular weight excluding hydrogens is 540 g/mol. The number of benzene rings is 2. The number of carbonyl (C=O) groups excluding carboxylic acids is 1. The number of anilines is 3. The first kappa shape index (κ1) is 28.3. The third-order valence-corrected chi connectivity index (χ3v) is 7.71. The summed E-state index contributed by atoms with van der Waals surface area (Å²) in [4.78, 5) is 41.7. The van der Waals surface area contributed by atoms with Crippen LogP contribution in [0.3, 0.4) is 0 Å². The van der Waals surface area contributed by atoms with Crippen molar-refractivity contribution in [2.24, 2.45) is 0 Å². The summed E-state index contributed by atoms with van der Waals surface area (Å²) in [5.74, 6) is 0.782. The van der Waals surface area contributed by atoms with Crippen LogP contribution in [0.1, 0.15) is 49.7 Å². The predicted octanol–water partition coefficient (Wildman–Crippen LogP) is 6.38. The monoisotopic (exact) mass is 572 g/mol.